The molecule has 3 heteroatoms. The summed E-state index contributed by atoms with van der Waals surface area (Å²) in [5.41, 5.74) is 1.27. The highest BCUT2D eigenvalue weighted by atomic mass is 79.9. The van der Waals surface area contributed by atoms with Crippen molar-refractivity contribution >= 4 is 15.9 Å². The smallest absolute Gasteiger partial charge is 0.0627 e. The van der Waals surface area contributed by atoms with Crippen molar-refractivity contribution in [2.75, 3.05) is 0 Å². The Morgan fingerprint density at radius 2 is 2.18 bits per heavy atom. The van der Waals surface area contributed by atoms with Crippen molar-refractivity contribution in [2.45, 2.75) is 63.2 Å². The van der Waals surface area contributed by atoms with Crippen molar-refractivity contribution in [3.8, 4) is 0 Å². The monoisotopic (exact) mass is 298 g/mol. The molecule has 0 spiro atoms. The number of hydrogen-bond acceptors (Lipinski definition) is 1. The van der Waals surface area contributed by atoms with Crippen LogP contribution < -0.4 is 0 Å². The molecule has 1 aliphatic carbocycles. The fourth-order valence-electron chi connectivity index (χ4n) is 2.65. The van der Waals surface area contributed by atoms with E-state index in [1.165, 1.54) is 37.8 Å². The second-order valence-corrected chi connectivity index (χ2v) is 6.86. The van der Waals surface area contributed by atoms with Crippen LogP contribution in [-0.4, -0.2) is 14.6 Å². The van der Waals surface area contributed by atoms with Gasteiger partial charge in [0.2, 0.25) is 0 Å². The quantitative estimate of drug-likeness (QED) is 0.599. The Hall–Kier alpha value is -0.310. The maximum absolute atomic E-state index is 4.66. The predicted molar refractivity (Wildman–Crippen MR) is 75.6 cm³/mol. The van der Waals surface area contributed by atoms with E-state index in [4.69, 9.17) is 0 Å². The van der Waals surface area contributed by atoms with Crippen LogP contribution >= 0.6 is 15.9 Å². The summed E-state index contributed by atoms with van der Waals surface area (Å²) in [5.74, 6) is 0.817. The van der Waals surface area contributed by atoms with Gasteiger partial charge in [0.25, 0.3) is 0 Å². The van der Waals surface area contributed by atoms with Gasteiger partial charge in [-0.1, -0.05) is 35.2 Å². The molecule has 0 amide bonds. The van der Waals surface area contributed by atoms with Crippen molar-refractivity contribution in [2.24, 2.45) is 5.92 Å². The van der Waals surface area contributed by atoms with E-state index < -0.39 is 0 Å². The summed E-state index contributed by atoms with van der Waals surface area (Å²) in [6.07, 6.45) is 10.1. The molecule has 2 rings (SSSR count). The minimum Gasteiger partial charge on any atom is -0.270 e. The minimum absolute atomic E-state index is 0.474. The van der Waals surface area contributed by atoms with Crippen LogP contribution in [0.15, 0.2) is 12.3 Å². The van der Waals surface area contributed by atoms with E-state index in [9.17, 15) is 0 Å². The van der Waals surface area contributed by atoms with Crippen molar-refractivity contribution in [3.05, 3.63) is 18.0 Å². The Kier molecular flexibility index (Phi) is 4.66. The Morgan fingerprint density at radius 1 is 1.41 bits per heavy atom. The second kappa shape index (κ2) is 6.03. The van der Waals surface area contributed by atoms with Crippen molar-refractivity contribution < 1.29 is 0 Å². The first-order valence-electron chi connectivity index (χ1n) is 6.83. The van der Waals surface area contributed by atoms with Gasteiger partial charge in [-0.15, -0.1) is 0 Å². The summed E-state index contributed by atoms with van der Waals surface area (Å²) in [5, 5.41) is 4.66. The number of nitrogens with zero attached hydrogens (tertiary/aromatic N) is 2. The molecule has 2 nitrogen and oxygen atoms in total. The maximum Gasteiger partial charge on any atom is 0.0627 e. The molecule has 1 aromatic heterocycles. The Morgan fingerprint density at radius 3 is 2.88 bits per heavy atom. The molecule has 1 saturated carbocycles. The molecule has 0 bridgehead atoms. The largest absolute Gasteiger partial charge is 0.270 e. The zero-order valence-corrected chi connectivity index (χ0v) is 12.5. The summed E-state index contributed by atoms with van der Waals surface area (Å²) in [7, 11) is 0. The van der Waals surface area contributed by atoms with E-state index >= 15 is 0 Å². The van der Waals surface area contributed by atoms with Crippen LogP contribution in [0.2, 0.25) is 0 Å². The lowest BCUT2D eigenvalue weighted by molar-refractivity contribution is 0.450. The summed E-state index contributed by atoms with van der Waals surface area (Å²) in [6.45, 7) is 4.36. The first kappa shape index (κ1) is 13.1. The van der Waals surface area contributed by atoms with Gasteiger partial charge in [-0.3, -0.25) is 4.68 Å². The fraction of sp³-hybridized carbons (Fsp3) is 0.786. The number of halogens is 1. The van der Waals surface area contributed by atoms with E-state index in [0.29, 0.717) is 6.04 Å². The van der Waals surface area contributed by atoms with Gasteiger partial charge >= 0.3 is 0 Å². The lowest BCUT2D eigenvalue weighted by Crippen LogP contribution is -2.09. The predicted octanol–water partition coefficient (Wildman–Crippen LogP) is 4.35. The van der Waals surface area contributed by atoms with Crippen molar-refractivity contribution in [1.29, 1.82) is 0 Å². The highest BCUT2D eigenvalue weighted by molar-refractivity contribution is 9.09. The average Bonchev–Trinajstić information content (AvgIpc) is 2.63. The minimum atomic E-state index is 0.474. The number of rotatable bonds is 3. The lowest BCUT2D eigenvalue weighted by atomic mass is 9.95. The normalized spacial score (nSPS) is 26.1. The van der Waals surface area contributed by atoms with Crippen LogP contribution in [0.3, 0.4) is 0 Å². The SMILES string of the molecule is CC(C)n1ccc(CC2CCCCC(Br)C2)n1. The van der Waals surface area contributed by atoms with Gasteiger partial charge < -0.3 is 0 Å². The van der Waals surface area contributed by atoms with Gasteiger partial charge in [0.1, 0.15) is 0 Å². The van der Waals surface area contributed by atoms with Gasteiger partial charge in [-0.25, -0.2) is 0 Å². The van der Waals surface area contributed by atoms with Crippen LogP contribution in [0.5, 0.6) is 0 Å². The first-order chi connectivity index (χ1) is 8.15. The van der Waals surface area contributed by atoms with Crippen molar-refractivity contribution in [3.63, 3.8) is 0 Å². The highest BCUT2D eigenvalue weighted by Gasteiger charge is 2.19. The molecule has 17 heavy (non-hydrogen) atoms. The summed E-state index contributed by atoms with van der Waals surface area (Å²) in [4.78, 5) is 0.724. The van der Waals surface area contributed by atoms with E-state index in [1.54, 1.807) is 0 Å². The van der Waals surface area contributed by atoms with Gasteiger partial charge in [-0.05, 0) is 45.1 Å². The topological polar surface area (TPSA) is 17.8 Å². The molecule has 1 aliphatic rings. The number of alkyl halides is 1. The summed E-state index contributed by atoms with van der Waals surface area (Å²) < 4.78 is 2.07. The molecule has 2 atom stereocenters. The van der Waals surface area contributed by atoms with E-state index in [-0.39, 0.29) is 0 Å². The molecular formula is C14H23BrN2. The van der Waals surface area contributed by atoms with E-state index in [0.717, 1.165) is 17.2 Å². The van der Waals surface area contributed by atoms with Crippen LogP contribution in [0, 0.1) is 5.92 Å². The number of hydrogen-bond donors (Lipinski definition) is 0. The van der Waals surface area contributed by atoms with Crippen LogP contribution in [0.4, 0.5) is 0 Å². The fourth-order valence-corrected chi connectivity index (χ4v) is 3.50. The van der Waals surface area contributed by atoms with Crippen LogP contribution in [-0.2, 0) is 6.42 Å². The zero-order valence-electron chi connectivity index (χ0n) is 10.9. The molecule has 2 unspecified atom stereocenters. The molecule has 0 aromatic carbocycles. The number of aromatic nitrogens is 2. The molecule has 0 radical (unpaired) electrons. The van der Waals surface area contributed by atoms with Gasteiger partial charge in [0.05, 0.1) is 5.69 Å². The molecular weight excluding hydrogens is 276 g/mol. The summed E-state index contributed by atoms with van der Waals surface area (Å²) >= 11 is 3.79. The van der Waals surface area contributed by atoms with E-state index in [2.05, 4.69) is 51.8 Å². The van der Waals surface area contributed by atoms with Gasteiger partial charge in [-0.2, -0.15) is 5.10 Å². The molecule has 1 heterocycles. The van der Waals surface area contributed by atoms with E-state index in [1.807, 2.05) is 0 Å². The Bertz CT molecular complexity index is 346. The van der Waals surface area contributed by atoms with Gasteiger partial charge in [0.15, 0.2) is 0 Å². The Balaban J connectivity index is 1.94. The van der Waals surface area contributed by atoms with Crippen LogP contribution in [0.25, 0.3) is 0 Å². The molecule has 0 saturated heterocycles. The highest BCUT2D eigenvalue weighted by Crippen LogP contribution is 2.29. The third-order valence-corrected chi connectivity index (χ3v) is 4.49. The third kappa shape index (κ3) is 3.84. The summed E-state index contributed by atoms with van der Waals surface area (Å²) in [6, 6.07) is 2.66. The Labute approximate surface area is 113 Å². The second-order valence-electron chi connectivity index (χ2n) is 5.57. The lowest BCUT2D eigenvalue weighted by Gasteiger charge is -2.14. The molecule has 1 fully saturated rings. The zero-order chi connectivity index (χ0) is 12.3. The average molecular weight is 299 g/mol. The third-order valence-electron chi connectivity index (χ3n) is 3.66. The first-order valence-corrected chi connectivity index (χ1v) is 7.75. The standard InChI is InChI=1S/C14H23BrN2/c1-11(2)17-8-7-14(16-17)10-12-5-3-4-6-13(15)9-12/h7-8,11-13H,3-6,9-10H2,1-2H3. The molecule has 96 valence electrons. The molecule has 1 aromatic rings. The molecule has 0 aliphatic heterocycles. The van der Waals surface area contributed by atoms with Crippen LogP contribution in [0.1, 0.15) is 57.7 Å². The molecule has 0 N–H and O–H groups in total. The maximum atomic E-state index is 4.66. The van der Waals surface area contributed by atoms with Gasteiger partial charge in [0, 0.05) is 17.1 Å². The van der Waals surface area contributed by atoms with Crippen molar-refractivity contribution in [1.82, 2.24) is 9.78 Å².